The number of amides is 1. The standard InChI is InChI=1S/C31H36F4N4O3S/c1-27(2)12-21(13-27)14-36-26(40)28(3)19-37-25(38-28)29-16-30(17-29,18-29)39(43(41,42)24-10-8-23(32)9-11-24)15-20-4-6-22(7-5-20)31(33,34)35/h4-11,21H,12-19H2,1-3H3,(H,36,40)(H,37,38)/t28-,29?,30?/m1/s1. The topological polar surface area (TPSA) is 90.9 Å². The molecule has 0 aromatic heterocycles. The van der Waals surface area contributed by atoms with Crippen LogP contribution in [0.5, 0.6) is 0 Å². The number of amidine groups is 1. The van der Waals surface area contributed by atoms with E-state index in [4.69, 9.17) is 4.99 Å². The lowest BCUT2D eigenvalue weighted by atomic mass is 9.38. The minimum atomic E-state index is -4.51. The van der Waals surface area contributed by atoms with Crippen LogP contribution in [0.25, 0.3) is 0 Å². The minimum absolute atomic E-state index is 0.0879. The van der Waals surface area contributed by atoms with Gasteiger partial charge in [0.1, 0.15) is 17.2 Å². The van der Waals surface area contributed by atoms with Gasteiger partial charge in [0.15, 0.2) is 0 Å². The van der Waals surface area contributed by atoms with Crippen LogP contribution in [0, 0.1) is 22.6 Å². The highest BCUT2D eigenvalue weighted by molar-refractivity contribution is 7.89. The number of benzene rings is 2. The van der Waals surface area contributed by atoms with Crippen LogP contribution in [0.15, 0.2) is 58.4 Å². The Bertz CT molecular complexity index is 1540. The van der Waals surface area contributed by atoms with Gasteiger partial charge >= 0.3 is 6.18 Å². The van der Waals surface area contributed by atoms with Gasteiger partial charge < -0.3 is 10.6 Å². The van der Waals surface area contributed by atoms with Crippen molar-refractivity contribution in [2.45, 2.75) is 81.6 Å². The SMILES string of the molecule is CC1(C)CC(CNC(=O)[C@@]2(C)CN=C(C34CC(N(Cc5ccc(C(F)(F)F)cc5)S(=O)(=O)c5ccc(F)cc5)(C3)C4)N2)C1. The molecule has 1 aliphatic heterocycles. The number of carbonyl (C=O) groups excluding carboxylic acids is 1. The Labute approximate surface area is 249 Å². The summed E-state index contributed by atoms with van der Waals surface area (Å²) in [5.41, 5.74) is -2.13. The normalized spacial score (nSPS) is 29.6. The fourth-order valence-electron chi connectivity index (χ4n) is 7.54. The number of nitrogens with zero attached hydrogens (tertiary/aromatic N) is 2. The van der Waals surface area contributed by atoms with Crippen LogP contribution < -0.4 is 10.6 Å². The minimum Gasteiger partial charge on any atom is -0.358 e. The highest BCUT2D eigenvalue weighted by Crippen LogP contribution is 2.71. The van der Waals surface area contributed by atoms with Crippen molar-refractivity contribution in [3.63, 3.8) is 0 Å². The third-order valence-corrected chi connectivity index (χ3v) is 11.7. The first-order chi connectivity index (χ1) is 20.0. The number of sulfonamides is 1. The summed E-state index contributed by atoms with van der Waals surface area (Å²) in [6, 6.07) is 8.99. The van der Waals surface area contributed by atoms with E-state index in [9.17, 15) is 30.8 Å². The van der Waals surface area contributed by atoms with Gasteiger partial charge in [-0.1, -0.05) is 26.0 Å². The maximum atomic E-state index is 13.9. The van der Waals surface area contributed by atoms with Gasteiger partial charge in [0.05, 0.1) is 17.0 Å². The molecule has 1 atom stereocenters. The number of hydrogen-bond acceptors (Lipinski definition) is 5. The van der Waals surface area contributed by atoms with Crippen LogP contribution in [-0.2, 0) is 27.5 Å². The molecule has 0 spiro atoms. The van der Waals surface area contributed by atoms with Gasteiger partial charge in [-0.05, 0) is 92.3 Å². The van der Waals surface area contributed by atoms with Gasteiger partial charge in [-0.3, -0.25) is 9.79 Å². The number of rotatable bonds is 9. The van der Waals surface area contributed by atoms with Crippen molar-refractivity contribution in [1.29, 1.82) is 0 Å². The second-order valence-electron chi connectivity index (χ2n) is 14.0. The number of carbonyl (C=O) groups is 1. The van der Waals surface area contributed by atoms with E-state index in [1.807, 2.05) is 6.92 Å². The predicted octanol–water partition coefficient (Wildman–Crippen LogP) is 5.27. The van der Waals surface area contributed by atoms with E-state index in [0.29, 0.717) is 48.5 Å². The van der Waals surface area contributed by atoms with Crippen LogP contribution in [0.4, 0.5) is 17.6 Å². The lowest BCUT2D eigenvalue weighted by Gasteiger charge is -2.73. The van der Waals surface area contributed by atoms with E-state index in [1.54, 1.807) is 0 Å². The third kappa shape index (κ3) is 5.24. The molecule has 2 bridgehead atoms. The molecule has 1 amide bonds. The average Bonchev–Trinajstić information content (AvgIpc) is 3.27. The van der Waals surface area contributed by atoms with E-state index >= 15 is 0 Å². The molecule has 0 radical (unpaired) electrons. The number of aliphatic imine (C=N–C) groups is 1. The molecule has 7 nitrogen and oxygen atoms in total. The molecule has 1 heterocycles. The van der Waals surface area contributed by atoms with Gasteiger partial charge in [0.25, 0.3) is 0 Å². The molecule has 7 rings (SSSR count). The Morgan fingerprint density at radius 2 is 1.63 bits per heavy atom. The Kier molecular flexibility index (Phi) is 6.82. The second-order valence-corrected chi connectivity index (χ2v) is 15.8. The van der Waals surface area contributed by atoms with E-state index in [-0.39, 0.29) is 23.9 Å². The van der Waals surface area contributed by atoms with Crippen molar-refractivity contribution in [2.24, 2.45) is 21.7 Å². The van der Waals surface area contributed by atoms with Gasteiger partial charge in [-0.25, -0.2) is 12.8 Å². The molecule has 0 saturated heterocycles. The maximum absolute atomic E-state index is 13.9. The highest BCUT2D eigenvalue weighted by atomic mass is 32.2. The number of nitrogens with one attached hydrogen (secondary N) is 2. The fraction of sp³-hybridized carbons (Fsp3) is 0.548. The Morgan fingerprint density at radius 3 is 2.19 bits per heavy atom. The Hall–Kier alpha value is -2.99. The molecule has 4 fully saturated rings. The molecule has 232 valence electrons. The Balaban J connectivity index is 1.16. The van der Waals surface area contributed by atoms with Crippen molar-refractivity contribution < 1.29 is 30.8 Å². The van der Waals surface area contributed by atoms with Crippen LogP contribution in [0.3, 0.4) is 0 Å². The molecule has 5 aliphatic rings. The van der Waals surface area contributed by atoms with E-state index in [0.717, 1.165) is 37.1 Å². The van der Waals surface area contributed by atoms with Crippen LogP contribution in [0.2, 0.25) is 0 Å². The van der Waals surface area contributed by atoms with Crippen molar-refractivity contribution >= 4 is 21.8 Å². The van der Waals surface area contributed by atoms with Crippen molar-refractivity contribution in [3.05, 3.63) is 65.5 Å². The summed E-state index contributed by atoms with van der Waals surface area (Å²) >= 11 is 0. The summed E-state index contributed by atoms with van der Waals surface area (Å²) in [6.07, 6.45) is -0.971. The summed E-state index contributed by atoms with van der Waals surface area (Å²) in [4.78, 5) is 17.7. The number of halogens is 4. The number of alkyl halides is 3. The molecule has 4 aliphatic carbocycles. The third-order valence-electron chi connectivity index (χ3n) is 9.73. The molecule has 4 saturated carbocycles. The molecule has 0 unspecified atom stereocenters. The van der Waals surface area contributed by atoms with E-state index in [1.165, 1.54) is 28.6 Å². The van der Waals surface area contributed by atoms with Gasteiger partial charge in [0.2, 0.25) is 15.9 Å². The predicted molar refractivity (Wildman–Crippen MR) is 153 cm³/mol. The fourth-order valence-corrected chi connectivity index (χ4v) is 9.30. The first kappa shape index (κ1) is 30.1. The molecule has 2 N–H and O–H groups in total. The summed E-state index contributed by atoms with van der Waals surface area (Å²) < 4.78 is 82.1. The van der Waals surface area contributed by atoms with Gasteiger partial charge in [-0.2, -0.15) is 17.5 Å². The number of hydrogen-bond donors (Lipinski definition) is 2. The molecule has 2 aromatic carbocycles. The molecule has 43 heavy (non-hydrogen) atoms. The summed E-state index contributed by atoms with van der Waals surface area (Å²) in [5, 5.41) is 6.42. The summed E-state index contributed by atoms with van der Waals surface area (Å²) in [6.45, 7) is 7.03. The van der Waals surface area contributed by atoms with Crippen LogP contribution >= 0.6 is 0 Å². The van der Waals surface area contributed by atoms with E-state index < -0.39 is 44.1 Å². The lowest BCUT2D eigenvalue weighted by Crippen LogP contribution is -2.79. The maximum Gasteiger partial charge on any atom is 0.416 e. The first-order valence-corrected chi connectivity index (χ1v) is 16.0. The smallest absolute Gasteiger partial charge is 0.358 e. The van der Waals surface area contributed by atoms with Gasteiger partial charge in [-0.15, -0.1) is 0 Å². The summed E-state index contributed by atoms with van der Waals surface area (Å²) in [5.74, 6) is 0.484. The summed E-state index contributed by atoms with van der Waals surface area (Å²) in [7, 11) is -4.12. The van der Waals surface area contributed by atoms with Crippen molar-refractivity contribution in [1.82, 2.24) is 14.9 Å². The molecular formula is C31H36F4N4O3S. The lowest BCUT2D eigenvalue weighted by molar-refractivity contribution is -0.151. The van der Waals surface area contributed by atoms with E-state index in [2.05, 4.69) is 24.5 Å². The van der Waals surface area contributed by atoms with Crippen molar-refractivity contribution in [2.75, 3.05) is 13.1 Å². The largest absolute Gasteiger partial charge is 0.416 e. The van der Waals surface area contributed by atoms with Crippen LogP contribution in [-0.4, -0.2) is 48.6 Å². The second kappa shape index (κ2) is 9.76. The monoisotopic (exact) mass is 620 g/mol. The first-order valence-electron chi connectivity index (χ1n) is 14.5. The zero-order valence-electron chi connectivity index (χ0n) is 24.4. The van der Waals surface area contributed by atoms with Gasteiger partial charge in [0, 0.05) is 24.0 Å². The zero-order valence-corrected chi connectivity index (χ0v) is 25.2. The quantitative estimate of drug-likeness (QED) is 0.374. The Morgan fingerprint density at radius 1 is 1.02 bits per heavy atom. The zero-order chi connectivity index (χ0) is 31.1. The van der Waals surface area contributed by atoms with Crippen molar-refractivity contribution in [3.8, 4) is 0 Å². The molecule has 12 heteroatoms. The molecular weight excluding hydrogens is 584 g/mol. The molecule has 2 aromatic rings. The average molecular weight is 621 g/mol. The van der Waals surface area contributed by atoms with Crippen LogP contribution in [0.1, 0.15) is 64.0 Å². The highest BCUT2D eigenvalue weighted by Gasteiger charge is 2.75.